The Bertz CT molecular complexity index is 412. The summed E-state index contributed by atoms with van der Waals surface area (Å²) in [6.07, 6.45) is -1.23. The second kappa shape index (κ2) is 5.92. The third kappa shape index (κ3) is 3.70. The minimum absolute atomic E-state index is 0.0453. The van der Waals surface area contributed by atoms with Crippen molar-refractivity contribution in [2.24, 2.45) is 5.92 Å². The molecule has 0 aliphatic carbocycles. The molecule has 0 bridgehead atoms. The summed E-state index contributed by atoms with van der Waals surface area (Å²) >= 11 is 0. The van der Waals surface area contributed by atoms with E-state index in [1.165, 1.54) is 6.92 Å². The SMILES string of the molecule is CC(F)CCN1CC(C(O)c2cc(F)cc(F)c2)C1. The van der Waals surface area contributed by atoms with Crippen LogP contribution in [0.3, 0.4) is 0 Å². The lowest BCUT2D eigenvalue weighted by molar-refractivity contribution is -0.00802. The number of halogens is 3. The molecule has 1 aromatic rings. The van der Waals surface area contributed by atoms with E-state index in [9.17, 15) is 18.3 Å². The molecule has 1 fully saturated rings. The van der Waals surface area contributed by atoms with Gasteiger partial charge in [0.15, 0.2) is 0 Å². The van der Waals surface area contributed by atoms with Crippen LogP contribution in [-0.2, 0) is 0 Å². The lowest BCUT2D eigenvalue weighted by Crippen LogP contribution is -2.49. The third-order valence-electron chi connectivity index (χ3n) is 3.50. The van der Waals surface area contributed by atoms with Gasteiger partial charge in [-0.1, -0.05) is 0 Å². The van der Waals surface area contributed by atoms with Crippen molar-refractivity contribution in [3.8, 4) is 0 Å². The summed E-state index contributed by atoms with van der Waals surface area (Å²) in [5, 5.41) is 10.1. The van der Waals surface area contributed by atoms with E-state index in [1.807, 2.05) is 4.90 Å². The predicted octanol–water partition coefficient (Wildman–Crippen LogP) is 2.68. The molecule has 0 spiro atoms. The first kappa shape index (κ1) is 14.3. The lowest BCUT2D eigenvalue weighted by atomic mass is 9.89. The number of aliphatic hydroxyl groups is 1. The van der Waals surface area contributed by atoms with Gasteiger partial charge in [-0.3, -0.25) is 0 Å². The zero-order valence-electron chi connectivity index (χ0n) is 10.8. The van der Waals surface area contributed by atoms with Gasteiger partial charge in [-0.25, -0.2) is 13.2 Å². The van der Waals surface area contributed by atoms with Gasteiger partial charge in [-0.15, -0.1) is 0 Å². The van der Waals surface area contributed by atoms with Gasteiger partial charge in [-0.05, 0) is 31.0 Å². The van der Waals surface area contributed by atoms with E-state index < -0.39 is 23.9 Å². The van der Waals surface area contributed by atoms with Crippen LogP contribution >= 0.6 is 0 Å². The van der Waals surface area contributed by atoms with Gasteiger partial charge in [0.05, 0.1) is 12.3 Å². The van der Waals surface area contributed by atoms with Crippen molar-refractivity contribution in [2.45, 2.75) is 25.6 Å². The van der Waals surface area contributed by atoms with E-state index in [0.29, 0.717) is 26.1 Å². The summed E-state index contributed by atoms with van der Waals surface area (Å²) in [6, 6.07) is 3.09. The molecule has 2 rings (SSSR count). The van der Waals surface area contributed by atoms with Crippen molar-refractivity contribution < 1.29 is 18.3 Å². The summed E-state index contributed by atoms with van der Waals surface area (Å²) in [5.41, 5.74) is 0.265. The van der Waals surface area contributed by atoms with Gasteiger partial charge in [0.1, 0.15) is 11.6 Å². The molecular weight excluding hydrogens is 255 g/mol. The Kier molecular flexibility index (Phi) is 4.47. The quantitative estimate of drug-likeness (QED) is 0.891. The highest BCUT2D eigenvalue weighted by atomic mass is 19.1. The highest BCUT2D eigenvalue weighted by Crippen LogP contribution is 2.30. The topological polar surface area (TPSA) is 23.5 Å². The fourth-order valence-electron chi connectivity index (χ4n) is 2.37. The Labute approximate surface area is 110 Å². The fourth-order valence-corrected chi connectivity index (χ4v) is 2.37. The van der Waals surface area contributed by atoms with Crippen LogP contribution in [-0.4, -0.2) is 35.8 Å². The maximum absolute atomic E-state index is 13.1. The molecule has 1 heterocycles. The zero-order chi connectivity index (χ0) is 14.0. The molecule has 0 aromatic heterocycles. The second-order valence-electron chi connectivity index (χ2n) is 5.24. The molecule has 106 valence electrons. The first-order chi connectivity index (χ1) is 8.95. The van der Waals surface area contributed by atoms with Crippen molar-refractivity contribution in [1.82, 2.24) is 4.90 Å². The van der Waals surface area contributed by atoms with Gasteiger partial charge < -0.3 is 10.0 Å². The maximum Gasteiger partial charge on any atom is 0.126 e. The summed E-state index contributed by atoms with van der Waals surface area (Å²) in [7, 11) is 0. The van der Waals surface area contributed by atoms with E-state index in [0.717, 1.165) is 18.2 Å². The number of nitrogens with zero attached hydrogens (tertiary/aromatic N) is 1. The predicted molar refractivity (Wildman–Crippen MR) is 66.4 cm³/mol. The van der Waals surface area contributed by atoms with Crippen LogP contribution in [0.1, 0.15) is 25.0 Å². The molecule has 1 N–H and O–H groups in total. The van der Waals surface area contributed by atoms with E-state index in [4.69, 9.17) is 0 Å². The Morgan fingerprint density at radius 2 is 1.84 bits per heavy atom. The van der Waals surface area contributed by atoms with Crippen LogP contribution < -0.4 is 0 Å². The first-order valence-corrected chi connectivity index (χ1v) is 6.46. The molecule has 2 nitrogen and oxygen atoms in total. The lowest BCUT2D eigenvalue weighted by Gasteiger charge is -2.42. The van der Waals surface area contributed by atoms with Gasteiger partial charge in [0.2, 0.25) is 0 Å². The van der Waals surface area contributed by atoms with Crippen molar-refractivity contribution >= 4 is 0 Å². The normalized spacial score (nSPS) is 20.1. The minimum Gasteiger partial charge on any atom is -0.388 e. The third-order valence-corrected chi connectivity index (χ3v) is 3.50. The summed E-state index contributed by atoms with van der Waals surface area (Å²) in [4.78, 5) is 2.03. The molecule has 19 heavy (non-hydrogen) atoms. The fraction of sp³-hybridized carbons (Fsp3) is 0.571. The smallest absolute Gasteiger partial charge is 0.126 e. The van der Waals surface area contributed by atoms with Gasteiger partial charge in [0.25, 0.3) is 0 Å². The Balaban J connectivity index is 1.87. The van der Waals surface area contributed by atoms with E-state index in [2.05, 4.69) is 0 Å². The summed E-state index contributed by atoms with van der Waals surface area (Å²) in [5.74, 6) is -1.41. The van der Waals surface area contributed by atoms with E-state index >= 15 is 0 Å². The molecule has 1 aliphatic heterocycles. The molecule has 0 amide bonds. The minimum atomic E-state index is -0.871. The molecule has 1 aromatic carbocycles. The Morgan fingerprint density at radius 3 is 2.37 bits per heavy atom. The van der Waals surface area contributed by atoms with Crippen LogP contribution in [0, 0.1) is 17.6 Å². The monoisotopic (exact) mass is 273 g/mol. The van der Waals surface area contributed by atoms with Crippen molar-refractivity contribution in [1.29, 1.82) is 0 Å². The summed E-state index contributed by atoms with van der Waals surface area (Å²) in [6.45, 7) is 3.43. The molecular formula is C14H18F3NO. The van der Waals surface area contributed by atoms with Crippen LogP contribution in [0.4, 0.5) is 13.2 Å². The largest absolute Gasteiger partial charge is 0.388 e. The second-order valence-corrected chi connectivity index (χ2v) is 5.24. The maximum atomic E-state index is 13.1. The highest BCUT2D eigenvalue weighted by molar-refractivity contribution is 5.21. The number of hydrogen-bond donors (Lipinski definition) is 1. The van der Waals surface area contributed by atoms with Gasteiger partial charge in [0, 0.05) is 31.6 Å². The average Bonchev–Trinajstić information content (AvgIpc) is 2.24. The number of benzene rings is 1. The number of likely N-dealkylation sites (tertiary alicyclic amines) is 1. The van der Waals surface area contributed by atoms with E-state index in [-0.39, 0.29) is 11.5 Å². The number of hydrogen-bond acceptors (Lipinski definition) is 2. The zero-order valence-corrected chi connectivity index (χ0v) is 10.8. The number of alkyl halides is 1. The van der Waals surface area contributed by atoms with Gasteiger partial charge in [-0.2, -0.15) is 0 Å². The molecule has 2 atom stereocenters. The first-order valence-electron chi connectivity index (χ1n) is 6.46. The molecule has 0 radical (unpaired) electrons. The molecule has 5 heteroatoms. The summed E-state index contributed by atoms with van der Waals surface area (Å²) < 4.78 is 38.8. The average molecular weight is 273 g/mol. The van der Waals surface area contributed by atoms with Gasteiger partial charge >= 0.3 is 0 Å². The molecule has 1 aliphatic rings. The number of aliphatic hydroxyl groups excluding tert-OH is 1. The van der Waals surface area contributed by atoms with Crippen LogP contribution in [0.25, 0.3) is 0 Å². The Hall–Kier alpha value is -1.07. The van der Waals surface area contributed by atoms with Crippen molar-refractivity contribution in [2.75, 3.05) is 19.6 Å². The highest BCUT2D eigenvalue weighted by Gasteiger charge is 2.33. The molecule has 0 saturated carbocycles. The van der Waals surface area contributed by atoms with Crippen LogP contribution in [0.15, 0.2) is 18.2 Å². The standard InChI is InChI=1S/C14H18F3NO/c1-9(15)2-3-18-7-11(8-18)14(19)10-4-12(16)6-13(17)5-10/h4-6,9,11,14,19H,2-3,7-8H2,1H3. The number of rotatable bonds is 5. The molecule has 1 saturated heterocycles. The Morgan fingerprint density at radius 1 is 1.26 bits per heavy atom. The van der Waals surface area contributed by atoms with Crippen LogP contribution in [0.5, 0.6) is 0 Å². The van der Waals surface area contributed by atoms with E-state index in [1.54, 1.807) is 0 Å². The molecule has 2 unspecified atom stereocenters. The van der Waals surface area contributed by atoms with Crippen molar-refractivity contribution in [3.63, 3.8) is 0 Å². The van der Waals surface area contributed by atoms with Crippen molar-refractivity contribution in [3.05, 3.63) is 35.4 Å². The van der Waals surface area contributed by atoms with Crippen LogP contribution in [0.2, 0.25) is 0 Å².